The zero-order chi connectivity index (χ0) is 16.8. The quantitative estimate of drug-likeness (QED) is 0.862. The van der Waals surface area contributed by atoms with E-state index >= 15 is 0 Å². The van der Waals surface area contributed by atoms with Crippen LogP contribution in [0.25, 0.3) is 0 Å². The van der Waals surface area contributed by atoms with Crippen molar-refractivity contribution in [2.45, 2.75) is 20.3 Å². The van der Waals surface area contributed by atoms with Gasteiger partial charge in [0, 0.05) is 12.1 Å². The number of aliphatic carboxylic acids is 1. The smallest absolute Gasteiger partial charge is 0.308 e. The Morgan fingerprint density at radius 3 is 2.17 bits per heavy atom. The van der Waals surface area contributed by atoms with E-state index < -0.39 is 11.9 Å². The zero-order valence-corrected chi connectivity index (χ0v) is 13.4. The molecule has 1 amide bonds. The number of hydrogen-bond acceptors (Lipinski definition) is 2. The van der Waals surface area contributed by atoms with Gasteiger partial charge in [0.1, 0.15) is 0 Å². The summed E-state index contributed by atoms with van der Waals surface area (Å²) in [4.78, 5) is 23.8. The predicted molar refractivity (Wildman–Crippen MR) is 89.5 cm³/mol. The summed E-state index contributed by atoms with van der Waals surface area (Å²) in [5.41, 5.74) is 3.34. The van der Waals surface area contributed by atoms with Crippen LogP contribution < -0.4 is 5.32 Å². The van der Waals surface area contributed by atoms with E-state index in [1.54, 1.807) is 0 Å². The molecule has 0 bridgehead atoms. The Kier molecular flexibility index (Phi) is 5.52. The highest BCUT2D eigenvalue weighted by Gasteiger charge is 2.20. The third-order valence-corrected chi connectivity index (χ3v) is 3.89. The lowest BCUT2D eigenvalue weighted by Crippen LogP contribution is -2.34. The highest BCUT2D eigenvalue weighted by molar-refractivity contribution is 5.97. The van der Waals surface area contributed by atoms with Gasteiger partial charge in [-0.15, -0.1) is 0 Å². The van der Waals surface area contributed by atoms with Crippen molar-refractivity contribution in [3.63, 3.8) is 0 Å². The average Bonchev–Trinajstić information content (AvgIpc) is 2.52. The molecule has 2 aromatic rings. The molecule has 0 saturated heterocycles. The Hall–Kier alpha value is -2.62. The van der Waals surface area contributed by atoms with E-state index in [0.717, 1.165) is 16.7 Å². The third-order valence-electron chi connectivity index (χ3n) is 3.89. The van der Waals surface area contributed by atoms with Gasteiger partial charge >= 0.3 is 5.97 Å². The minimum Gasteiger partial charge on any atom is -0.481 e. The molecule has 0 spiro atoms. The minimum atomic E-state index is -0.907. The van der Waals surface area contributed by atoms with E-state index in [1.165, 1.54) is 0 Å². The summed E-state index contributed by atoms with van der Waals surface area (Å²) in [6, 6.07) is 15.1. The molecule has 4 heteroatoms. The molecule has 0 saturated carbocycles. The standard InChI is InChI=1S/C19H21NO3/c1-13-7-6-8-14(2)17(13)18(21)20-12-16(19(22)23)11-15-9-4-3-5-10-15/h3-10,16H,11-12H2,1-2H3,(H,20,21)(H,22,23). The van der Waals surface area contributed by atoms with E-state index in [9.17, 15) is 14.7 Å². The largest absolute Gasteiger partial charge is 0.481 e. The second-order valence-corrected chi connectivity index (χ2v) is 5.70. The van der Waals surface area contributed by atoms with Crippen LogP contribution in [-0.4, -0.2) is 23.5 Å². The molecule has 23 heavy (non-hydrogen) atoms. The molecule has 1 unspecified atom stereocenters. The highest BCUT2D eigenvalue weighted by atomic mass is 16.4. The van der Waals surface area contributed by atoms with Gasteiger partial charge in [-0.05, 0) is 37.0 Å². The summed E-state index contributed by atoms with van der Waals surface area (Å²) in [5.74, 6) is -1.78. The van der Waals surface area contributed by atoms with Crippen LogP contribution in [-0.2, 0) is 11.2 Å². The van der Waals surface area contributed by atoms with Gasteiger partial charge in [0.15, 0.2) is 0 Å². The van der Waals surface area contributed by atoms with Gasteiger partial charge in [0.2, 0.25) is 0 Å². The normalized spacial score (nSPS) is 11.7. The first kappa shape index (κ1) is 16.7. The number of carbonyl (C=O) groups is 2. The summed E-state index contributed by atoms with van der Waals surface area (Å²) in [7, 11) is 0. The Bertz CT molecular complexity index is 675. The molecule has 1 atom stereocenters. The monoisotopic (exact) mass is 311 g/mol. The fourth-order valence-electron chi connectivity index (χ4n) is 2.62. The first-order valence-corrected chi connectivity index (χ1v) is 7.60. The lowest BCUT2D eigenvalue weighted by Gasteiger charge is -2.15. The topological polar surface area (TPSA) is 66.4 Å². The molecule has 0 aliphatic heterocycles. The van der Waals surface area contributed by atoms with E-state index in [4.69, 9.17) is 0 Å². The van der Waals surface area contributed by atoms with Crippen LogP contribution >= 0.6 is 0 Å². The minimum absolute atomic E-state index is 0.108. The molecular formula is C19H21NO3. The van der Waals surface area contributed by atoms with Crippen LogP contribution in [0.15, 0.2) is 48.5 Å². The predicted octanol–water partition coefficient (Wildman–Crippen LogP) is 2.98. The molecule has 120 valence electrons. The summed E-state index contributed by atoms with van der Waals surface area (Å²) in [6.45, 7) is 3.86. The van der Waals surface area contributed by atoms with Gasteiger partial charge in [-0.2, -0.15) is 0 Å². The lowest BCUT2D eigenvalue weighted by atomic mass is 9.98. The molecule has 0 radical (unpaired) electrons. The van der Waals surface area contributed by atoms with Crippen molar-refractivity contribution in [1.82, 2.24) is 5.32 Å². The molecule has 2 N–H and O–H groups in total. The van der Waals surface area contributed by atoms with Crippen molar-refractivity contribution in [3.05, 3.63) is 70.8 Å². The second-order valence-electron chi connectivity index (χ2n) is 5.70. The van der Waals surface area contributed by atoms with Gasteiger partial charge in [-0.1, -0.05) is 48.5 Å². The number of amides is 1. The van der Waals surface area contributed by atoms with Crippen molar-refractivity contribution < 1.29 is 14.7 Å². The molecule has 0 aliphatic rings. The summed E-state index contributed by atoms with van der Waals surface area (Å²) in [6.07, 6.45) is 0.392. The molecule has 2 rings (SSSR count). The van der Waals surface area contributed by atoms with Gasteiger partial charge in [-0.3, -0.25) is 9.59 Å². The van der Waals surface area contributed by atoms with Crippen LogP contribution in [0.4, 0.5) is 0 Å². The number of carbonyl (C=O) groups excluding carboxylic acids is 1. The van der Waals surface area contributed by atoms with E-state index in [2.05, 4.69) is 5.32 Å². The lowest BCUT2D eigenvalue weighted by molar-refractivity contribution is -0.141. The molecule has 0 heterocycles. The Morgan fingerprint density at radius 2 is 1.61 bits per heavy atom. The number of aryl methyl sites for hydroxylation is 2. The van der Waals surface area contributed by atoms with Gasteiger partial charge in [0.25, 0.3) is 5.91 Å². The van der Waals surface area contributed by atoms with Crippen molar-refractivity contribution in [1.29, 1.82) is 0 Å². The Balaban J connectivity index is 2.04. The molecule has 0 aliphatic carbocycles. The van der Waals surface area contributed by atoms with E-state index in [0.29, 0.717) is 12.0 Å². The van der Waals surface area contributed by atoms with Gasteiger partial charge < -0.3 is 10.4 Å². The fraction of sp³-hybridized carbons (Fsp3) is 0.263. The maximum atomic E-state index is 12.4. The van der Waals surface area contributed by atoms with Gasteiger partial charge in [0.05, 0.1) is 5.92 Å². The van der Waals surface area contributed by atoms with Crippen LogP contribution in [0, 0.1) is 19.8 Å². The number of benzene rings is 2. The summed E-state index contributed by atoms with van der Waals surface area (Å²) in [5, 5.41) is 12.1. The fourth-order valence-corrected chi connectivity index (χ4v) is 2.62. The first-order chi connectivity index (χ1) is 11.0. The van der Waals surface area contributed by atoms with Crippen molar-refractivity contribution in [2.75, 3.05) is 6.54 Å². The number of rotatable bonds is 6. The first-order valence-electron chi connectivity index (χ1n) is 7.60. The zero-order valence-electron chi connectivity index (χ0n) is 13.4. The molecule has 0 aromatic heterocycles. The number of carboxylic acids is 1. The average molecular weight is 311 g/mol. The highest BCUT2D eigenvalue weighted by Crippen LogP contribution is 2.14. The second kappa shape index (κ2) is 7.58. The van der Waals surface area contributed by atoms with E-state index in [1.807, 2.05) is 62.4 Å². The summed E-state index contributed by atoms with van der Waals surface area (Å²) < 4.78 is 0. The third kappa shape index (κ3) is 4.42. The SMILES string of the molecule is Cc1cccc(C)c1C(=O)NCC(Cc1ccccc1)C(=O)O. The molecule has 2 aromatic carbocycles. The Morgan fingerprint density at radius 1 is 1.00 bits per heavy atom. The van der Waals surface area contributed by atoms with Gasteiger partial charge in [-0.25, -0.2) is 0 Å². The Labute approximate surface area is 136 Å². The van der Waals surface area contributed by atoms with Crippen LogP contribution in [0.2, 0.25) is 0 Å². The van der Waals surface area contributed by atoms with Crippen molar-refractivity contribution in [3.8, 4) is 0 Å². The number of carboxylic acid groups (broad SMARTS) is 1. The number of nitrogens with one attached hydrogen (secondary N) is 1. The van der Waals surface area contributed by atoms with Crippen molar-refractivity contribution >= 4 is 11.9 Å². The van der Waals surface area contributed by atoms with Crippen LogP contribution in [0.1, 0.15) is 27.0 Å². The molecular weight excluding hydrogens is 290 g/mol. The van der Waals surface area contributed by atoms with Crippen LogP contribution in [0.5, 0.6) is 0 Å². The maximum absolute atomic E-state index is 12.4. The van der Waals surface area contributed by atoms with Crippen molar-refractivity contribution in [2.24, 2.45) is 5.92 Å². The summed E-state index contributed by atoms with van der Waals surface area (Å²) >= 11 is 0. The van der Waals surface area contributed by atoms with Crippen LogP contribution in [0.3, 0.4) is 0 Å². The maximum Gasteiger partial charge on any atom is 0.308 e. The molecule has 0 fully saturated rings. The van der Waals surface area contributed by atoms with E-state index in [-0.39, 0.29) is 12.5 Å². The number of hydrogen-bond donors (Lipinski definition) is 2. The molecule has 4 nitrogen and oxygen atoms in total.